The number of hydrogen-bond acceptors (Lipinski definition) is 1. The predicted octanol–water partition coefficient (Wildman–Crippen LogP) is 2.00. The van der Waals surface area contributed by atoms with Crippen molar-refractivity contribution < 1.29 is 14.1 Å². The van der Waals surface area contributed by atoms with Crippen LogP contribution in [0, 0.1) is 5.82 Å². The van der Waals surface area contributed by atoms with E-state index in [4.69, 9.17) is 0 Å². The molecule has 0 aliphatic carbocycles. The molecule has 0 aromatic heterocycles. The van der Waals surface area contributed by atoms with Crippen molar-refractivity contribution in [2.45, 2.75) is 45.1 Å². The molecule has 0 radical (unpaired) electrons. The molecule has 1 aliphatic rings. The van der Waals surface area contributed by atoms with Gasteiger partial charge >= 0.3 is 0 Å². The molecule has 0 unspecified atom stereocenters. The Morgan fingerprint density at radius 2 is 1.75 bits per heavy atom. The lowest BCUT2D eigenvalue weighted by Crippen LogP contribution is -3.16. The molecule has 0 spiro atoms. The Labute approximate surface area is 120 Å². The highest BCUT2D eigenvalue weighted by molar-refractivity contribution is 5.93. The van der Waals surface area contributed by atoms with Crippen LogP contribution in [0.1, 0.15) is 39.0 Å². The molecule has 1 saturated heterocycles. The number of rotatable bonds is 3. The number of hydrogen-bond donors (Lipinski definition) is 2. The third-order valence-corrected chi connectivity index (χ3v) is 4.13. The van der Waals surface area contributed by atoms with Crippen molar-refractivity contribution in [1.82, 2.24) is 0 Å². The summed E-state index contributed by atoms with van der Waals surface area (Å²) in [7, 11) is 0. The summed E-state index contributed by atoms with van der Waals surface area (Å²) in [6.45, 7) is 4.00. The summed E-state index contributed by atoms with van der Waals surface area (Å²) < 4.78 is 13.6. The number of halogens is 1. The Hall–Kier alpha value is -1.42. The average Bonchev–Trinajstić information content (AvgIpc) is 2.40. The lowest BCUT2D eigenvalue weighted by Gasteiger charge is -2.27. The summed E-state index contributed by atoms with van der Waals surface area (Å²) >= 11 is 0. The number of quaternary nitrogens is 1. The van der Waals surface area contributed by atoms with Gasteiger partial charge in [0.15, 0.2) is 6.04 Å². The third-order valence-electron chi connectivity index (χ3n) is 4.13. The first-order valence-electron chi connectivity index (χ1n) is 7.58. The van der Waals surface area contributed by atoms with Crippen molar-refractivity contribution in [2.75, 3.05) is 18.4 Å². The van der Waals surface area contributed by atoms with Crippen LogP contribution in [0.15, 0.2) is 24.3 Å². The third kappa shape index (κ3) is 4.04. The topological polar surface area (TPSA) is 33.5 Å². The Bertz CT molecular complexity index is 442. The van der Waals surface area contributed by atoms with Gasteiger partial charge in [-0.1, -0.05) is 18.6 Å². The van der Waals surface area contributed by atoms with Gasteiger partial charge in [0.1, 0.15) is 5.82 Å². The minimum absolute atomic E-state index is 0.0920. The Morgan fingerprint density at radius 3 is 2.40 bits per heavy atom. The normalized spacial score (nSPS) is 18.9. The first kappa shape index (κ1) is 15.0. The molecule has 1 heterocycles. The van der Waals surface area contributed by atoms with Gasteiger partial charge in [-0.25, -0.2) is 4.39 Å². The van der Waals surface area contributed by atoms with Crippen molar-refractivity contribution in [3.05, 3.63) is 30.1 Å². The maximum absolute atomic E-state index is 13.6. The van der Waals surface area contributed by atoms with Crippen LogP contribution < -0.4 is 10.2 Å². The summed E-state index contributed by atoms with van der Waals surface area (Å²) in [5.74, 6) is -0.471. The van der Waals surface area contributed by atoms with Gasteiger partial charge in [0.2, 0.25) is 0 Å². The second-order valence-corrected chi connectivity index (χ2v) is 5.62. The first-order valence-corrected chi connectivity index (χ1v) is 7.58. The van der Waals surface area contributed by atoms with Gasteiger partial charge in [-0.15, -0.1) is 0 Å². The number of para-hydroxylation sites is 1. The molecule has 1 aromatic rings. The summed E-state index contributed by atoms with van der Waals surface area (Å²) in [5.41, 5.74) is 0.274. The summed E-state index contributed by atoms with van der Waals surface area (Å²) in [5, 5.41) is 2.71. The predicted molar refractivity (Wildman–Crippen MR) is 78.3 cm³/mol. The maximum atomic E-state index is 13.6. The van der Waals surface area contributed by atoms with E-state index >= 15 is 0 Å². The first-order chi connectivity index (χ1) is 9.68. The quantitative estimate of drug-likeness (QED) is 0.872. The van der Waals surface area contributed by atoms with E-state index in [0.29, 0.717) is 0 Å². The zero-order valence-corrected chi connectivity index (χ0v) is 12.1. The van der Waals surface area contributed by atoms with Crippen LogP contribution in [0.25, 0.3) is 0 Å². The Kier molecular flexibility index (Phi) is 5.53. The number of carbonyl (C=O) groups excluding carboxylic acids is 1. The average molecular weight is 279 g/mol. The highest BCUT2D eigenvalue weighted by Crippen LogP contribution is 2.12. The summed E-state index contributed by atoms with van der Waals surface area (Å²) in [6.07, 6.45) is 6.17. The zero-order valence-electron chi connectivity index (χ0n) is 12.1. The summed E-state index contributed by atoms with van der Waals surface area (Å²) in [6, 6.07) is 6.18. The fraction of sp³-hybridized carbons (Fsp3) is 0.562. The second-order valence-electron chi connectivity index (χ2n) is 5.62. The molecular formula is C16H24FN2O+. The molecule has 1 amide bonds. The molecule has 20 heavy (non-hydrogen) atoms. The molecular weight excluding hydrogens is 255 g/mol. The standard InChI is InChI=1S/C16H23FN2O/c1-13(19-11-7-3-2-4-8-12-19)16(20)18-15-10-6-5-9-14(15)17/h5-6,9-10,13H,2-4,7-8,11-12H2,1H3,(H,18,20)/p+1/t13-/m0/s1. The van der Waals surface area contributed by atoms with E-state index in [0.717, 1.165) is 13.1 Å². The molecule has 0 bridgehead atoms. The van der Waals surface area contributed by atoms with Crippen molar-refractivity contribution in [3.8, 4) is 0 Å². The molecule has 1 atom stereocenters. The highest BCUT2D eigenvalue weighted by atomic mass is 19.1. The minimum atomic E-state index is -0.379. The van der Waals surface area contributed by atoms with Crippen molar-refractivity contribution in [1.29, 1.82) is 0 Å². The number of anilines is 1. The largest absolute Gasteiger partial charge is 0.325 e. The van der Waals surface area contributed by atoms with E-state index in [-0.39, 0.29) is 23.5 Å². The number of nitrogens with one attached hydrogen (secondary N) is 2. The zero-order chi connectivity index (χ0) is 14.4. The van der Waals surface area contributed by atoms with Gasteiger partial charge in [0.05, 0.1) is 18.8 Å². The van der Waals surface area contributed by atoms with Crippen LogP contribution in [-0.4, -0.2) is 25.0 Å². The molecule has 1 aliphatic heterocycles. The van der Waals surface area contributed by atoms with Gasteiger partial charge in [0.25, 0.3) is 5.91 Å². The van der Waals surface area contributed by atoms with Gasteiger partial charge in [0, 0.05) is 0 Å². The van der Waals surface area contributed by atoms with E-state index < -0.39 is 0 Å². The monoisotopic (exact) mass is 279 g/mol. The van der Waals surface area contributed by atoms with Gasteiger partial charge in [-0.05, 0) is 44.7 Å². The van der Waals surface area contributed by atoms with E-state index in [1.165, 1.54) is 43.1 Å². The lowest BCUT2D eigenvalue weighted by atomic mass is 10.1. The number of benzene rings is 1. The minimum Gasteiger partial charge on any atom is -0.325 e. The number of likely N-dealkylation sites (tertiary alicyclic amines) is 1. The maximum Gasteiger partial charge on any atom is 0.282 e. The summed E-state index contributed by atoms with van der Waals surface area (Å²) in [4.78, 5) is 13.6. The molecule has 2 rings (SSSR count). The molecule has 4 heteroatoms. The van der Waals surface area contributed by atoms with Crippen LogP contribution in [0.3, 0.4) is 0 Å². The SMILES string of the molecule is C[C@@H](C(=O)Nc1ccccc1F)[NH+]1CCCCCCC1. The fourth-order valence-corrected chi connectivity index (χ4v) is 2.78. The smallest absolute Gasteiger partial charge is 0.282 e. The highest BCUT2D eigenvalue weighted by Gasteiger charge is 2.25. The van der Waals surface area contributed by atoms with E-state index in [1.54, 1.807) is 18.2 Å². The molecule has 1 fully saturated rings. The van der Waals surface area contributed by atoms with E-state index in [1.807, 2.05) is 6.92 Å². The van der Waals surface area contributed by atoms with Gasteiger partial charge < -0.3 is 10.2 Å². The van der Waals surface area contributed by atoms with E-state index in [2.05, 4.69) is 5.32 Å². The van der Waals surface area contributed by atoms with Crippen LogP contribution in [-0.2, 0) is 4.79 Å². The van der Waals surface area contributed by atoms with Crippen molar-refractivity contribution >= 4 is 11.6 Å². The molecule has 110 valence electrons. The van der Waals surface area contributed by atoms with Crippen LogP contribution in [0.4, 0.5) is 10.1 Å². The molecule has 0 saturated carbocycles. The Balaban J connectivity index is 1.95. The number of amides is 1. The number of carbonyl (C=O) groups is 1. The van der Waals surface area contributed by atoms with Gasteiger partial charge in [-0.3, -0.25) is 4.79 Å². The molecule has 1 aromatic carbocycles. The van der Waals surface area contributed by atoms with Crippen LogP contribution >= 0.6 is 0 Å². The molecule has 2 N–H and O–H groups in total. The fourth-order valence-electron chi connectivity index (χ4n) is 2.78. The molecule has 3 nitrogen and oxygen atoms in total. The van der Waals surface area contributed by atoms with Gasteiger partial charge in [-0.2, -0.15) is 0 Å². The lowest BCUT2D eigenvalue weighted by molar-refractivity contribution is -0.914. The van der Waals surface area contributed by atoms with Crippen molar-refractivity contribution in [3.63, 3.8) is 0 Å². The van der Waals surface area contributed by atoms with Crippen LogP contribution in [0.2, 0.25) is 0 Å². The second kappa shape index (κ2) is 7.39. The van der Waals surface area contributed by atoms with Crippen molar-refractivity contribution in [2.24, 2.45) is 0 Å². The van der Waals surface area contributed by atoms with Crippen LogP contribution in [0.5, 0.6) is 0 Å². The Morgan fingerprint density at radius 1 is 1.15 bits per heavy atom. The van der Waals surface area contributed by atoms with E-state index in [9.17, 15) is 9.18 Å².